The molecule has 2 aromatic rings. The number of anilines is 1. The van der Waals surface area contributed by atoms with Crippen molar-refractivity contribution >= 4 is 33.8 Å². The molecule has 0 aliphatic carbocycles. The third-order valence-corrected chi connectivity index (χ3v) is 5.30. The van der Waals surface area contributed by atoms with E-state index in [1.807, 2.05) is 11.8 Å². The van der Waals surface area contributed by atoms with E-state index in [0.29, 0.717) is 54.7 Å². The van der Waals surface area contributed by atoms with Crippen LogP contribution in [0.25, 0.3) is 0 Å². The zero-order valence-electron chi connectivity index (χ0n) is 17.5. The van der Waals surface area contributed by atoms with E-state index in [2.05, 4.69) is 25.9 Å². The normalized spacial score (nSPS) is 13.6. The molecule has 1 aromatic carbocycles. The highest BCUT2D eigenvalue weighted by molar-refractivity contribution is 9.10. The summed E-state index contributed by atoms with van der Waals surface area (Å²) in [6.07, 6.45) is 4.22. The maximum atomic E-state index is 12.5. The number of amides is 1. The number of carbonyl (C=O) groups is 2. The zero-order valence-corrected chi connectivity index (χ0v) is 19.1. The molecule has 31 heavy (non-hydrogen) atoms. The Morgan fingerprint density at radius 1 is 1.13 bits per heavy atom. The summed E-state index contributed by atoms with van der Waals surface area (Å²) in [7, 11) is 1.50. The molecule has 0 radical (unpaired) electrons. The minimum atomic E-state index is -0.606. The van der Waals surface area contributed by atoms with Crippen LogP contribution in [-0.4, -0.2) is 73.2 Å². The number of aromatic nitrogens is 2. The van der Waals surface area contributed by atoms with Crippen molar-refractivity contribution in [1.29, 1.82) is 0 Å². The van der Waals surface area contributed by atoms with Crippen LogP contribution in [0.4, 0.5) is 5.95 Å². The molecule has 10 heteroatoms. The summed E-state index contributed by atoms with van der Waals surface area (Å²) in [5.41, 5.74) is 0.270. The third-order valence-electron chi connectivity index (χ3n) is 4.71. The molecule has 1 amide bonds. The highest BCUT2D eigenvalue weighted by Crippen LogP contribution is 2.37. The van der Waals surface area contributed by atoms with E-state index in [-0.39, 0.29) is 18.1 Å². The Hall–Kier alpha value is -2.88. The first kappa shape index (κ1) is 22.8. The Labute approximate surface area is 189 Å². The SMILES string of the molecule is CCCOc1c(Br)cc(C(=O)OCC(=O)N2CCN(c3ncccn3)CC2)cc1OC. The van der Waals surface area contributed by atoms with Crippen LogP contribution in [0.1, 0.15) is 23.7 Å². The lowest BCUT2D eigenvalue weighted by Gasteiger charge is -2.34. The van der Waals surface area contributed by atoms with Crippen LogP contribution in [0.2, 0.25) is 0 Å². The Morgan fingerprint density at radius 2 is 1.84 bits per heavy atom. The molecule has 1 aliphatic rings. The second kappa shape index (κ2) is 10.9. The molecule has 166 valence electrons. The van der Waals surface area contributed by atoms with E-state index >= 15 is 0 Å². The molecule has 0 unspecified atom stereocenters. The van der Waals surface area contributed by atoms with Gasteiger partial charge in [0.1, 0.15) is 0 Å². The van der Waals surface area contributed by atoms with Crippen molar-refractivity contribution in [3.05, 3.63) is 40.6 Å². The van der Waals surface area contributed by atoms with Crippen molar-refractivity contribution in [3.63, 3.8) is 0 Å². The van der Waals surface area contributed by atoms with Crippen LogP contribution >= 0.6 is 15.9 Å². The van der Waals surface area contributed by atoms with Gasteiger partial charge in [0.25, 0.3) is 5.91 Å². The summed E-state index contributed by atoms with van der Waals surface area (Å²) in [5.74, 6) is 0.742. The molecule has 1 aliphatic heterocycles. The molecule has 1 fully saturated rings. The van der Waals surface area contributed by atoms with Gasteiger partial charge in [0.2, 0.25) is 5.95 Å². The number of nitrogens with zero attached hydrogens (tertiary/aromatic N) is 4. The number of halogens is 1. The van der Waals surface area contributed by atoms with Crippen molar-refractivity contribution in [2.75, 3.05) is 51.4 Å². The van der Waals surface area contributed by atoms with Crippen LogP contribution in [0.5, 0.6) is 11.5 Å². The van der Waals surface area contributed by atoms with Gasteiger partial charge < -0.3 is 24.0 Å². The quantitative estimate of drug-likeness (QED) is 0.518. The van der Waals surface area contributed by atoms with Crippen LogP contribution in [0.3, 0.4) is 0 Å². The second-order valence-electron chi connectivity index (χ2n) is 6.83. The zero-order chi connectivity index (χ0) is 22.2. The number of rotatable bonds is 8. The Balaban J connectivity index is 1.53. The first-order valence-corrected chi connectivity index (χ1v) is 10.8. The molecule has 0 bridgehead atoms. The standard InChI is InChI=1S/C21H25BrN4O5/c1-3-11-30-19-16(22)12-15(13-17(19)29-2)20(28)31-14-18(27)25-7-9-26(10-8-25)21-23-5-4-6-24-21/h4-6,12-13H,3,7-11,14H2,1-2H3. The summed E-state index contributed by atoms with van der Waals surface area (Å²) in [6, 6.07) is 4.90. The van der Waals surface area contributed by atoms with E-state index in [0.717, 1.165) is 6.42 Å². The predicted molar refractivity (Wildman–Crippen MR) is 118 cm³/mol. The lowest BCUT2D eigenvalue weighted by atomic mass is 10.2. The number of ether oxygens (including phenoxy) is 3. The lowest BCUT2D eigenvalue weighted by Crippen LogP contribution is -2.50. The van der Waals surface area contributed by atoms with Gasteiger partial charge in [0, 0.05) is 38.6 Å². The van der Waals surface area contributed by atoms with Crippen LogP contribution in [-0.2, 0) is 9.53 Å². The van der Waals surface area contributed by atoms with Crippen molar-refractivity contribution in [2.45, 2.75) is 13.3 Å². The van der Waals surface area contributed by atoms with Gasteiger partial charge in [-0.3, -0.25) is 4.79 Å². The van der Waals surface area contributed by atoms with E-state index in [1.165, 1.54) is 7.11 Å². The van der Waals surface area contributed by atoms with Gasteiger partial charge in [-0.15, -0.1) is 0 Å². The molecular formula is C21H25BrN4O5. The van der Waals surface area contributed by atoms with E-state index in [4.69, 9.17) is 14.2 Å². The minimum Gasteiger partial charge on any atom is -0.493 e. The van der Waals surface area contributed by atoms with E-state index in [1.54, 1.807) is 35.5 Å². The first-order valence-electron chi connectivity index (χ1n) is 10.0. The van der Waals surface area contributed by atoms with Gasteiger partial charge in [-0.05, 0) is 40.5 Å². The fraction of sp³-hybridized carbons (Fsp3) is 0.429. The van der Waals surface area contributed by atoms with Crippen molar-refractivity contribution in [1.82, 2.24) is 14.9 Å². The molecule has 3 rings (SSSR count). The van der Waals surface area contributed by atoms with E-state index in [9.17, 15) is 9.59 Å². The number of piperazine rings is 1. The largest absolute Gasteiger partial charge is 0.493 e. The van der Waals surface area contributed by atoms with Crippen LogP contribution in [0, 0.1) is 0 Å². The molecular weight excluding hydrogens is 468 g/mol. The topological polar surface area (TPSA) is 94.1 Å². The lowest BCUT2D eigenvalue weighted by molar-refractivity contribution is -0.134. The Bertz CT molecular complexity index is 904. The van der Waals surface area contributed by atoms with Crippen molar-refractivity contribution in [2.24, 2.45) is 0 Å². The Kier molecular flexibility index (Phi) is 8.05. The molecule has 1 saturated heterocycles. The summed E-state index contributed by atoms with van der Waals surface area (Å²) in [6.45, 7) is 4.46. The molecule has 1 aromatic heterocycles. The smallest absolute Gasteiger partial charge is 0.338 e. The maximum absolute atomic E-state index is 12.5. The summed E-state index contributed by atoms with van der Waals surface area (Å²) in [5, 5.41) is 0. The monoisotopic (exact) mass is 492 g/mol. The third kappa shape index (κ3) is 5.84. The fourth-order valence-corrected chi connectivity index (χ4v) is 3.65. The average molecular weight is 493 g/mol. The number of hydrogen-bond acceptors (Lipinski definition) is 8. The van der Waals surface area contributed by atoms with E-state index < -0.39 is 5.97 Å². The summed E-state index contributed by atoms with van der Waals surface area (Å²) < 4.78 is 16.8. The fourth-order valence-electron chi connectivity index (χ4n) is 3.09. The van der Waals surface area contributed by atoms with Gasteiger partial charge in [0.05, 0.1) is 23.8 Å². The van der Waals surface area contributed by atoms with Gasteiger partial charge in [-0.1, -0.05) is 6.92 Å². The van der Waals surface area contributed by atoms with Gasteiger partial charge in [-0.2, -0.15) is 0 Å². The first-order chi connectivity index (χ1) is 15.0. The van der Waals surface area contributed by atoms with Gasteiger partial charge in [-0.25, -0.2) is 14.8 Å². The summed E-state index contributed by atoms with van der Waals surface area (Å²) in [4.78, 5) is 37.1. The maximum Gasteiger partial charge on any atom is 0.338 e. The number of benzene rings is 1. The molecule has 0 N–H and O–H groups in total. The van der Waals surface area contributed by atoms with Crippen LogP contribution < -0.4 is 14.4 Å². The van der Waals surface area contributed by atoms with Gasteiger partial charge >= 0.3 is 5.97 Å². The van der Waals surface area contributed by atoms with Crippen LogP contribution in [0.15, 0.2) is 35.1 Å². The summed E-state index contributed by atoms with van der Waals surface area (Å²) >= 11 is 3.40. The predicted octanol–water partition coefficient (Wildman–Crippen LogP) is 2.54. The number of carbonyl (C=O) groups excluding carboxylic acids is 2. The molecule has 2 heterocycles. The minimum absolute atomic E-state index is 0.240. The number of hydrogen-bond donors (Lipinski definition) is 0. The van der Waals surface area contributed by atoms with Crippen molar-refractivity contribution in [3.8, 4) is 11.5 Å². The second-order valence-corrected chi connectivity index (χ2v) is 7.69. The molecule has 0 saturated carbocycles. The molecule has 0 spiro atoms. The molecule has 9 nitrogen and oxygen atoms in total. The Morgan fingerprint density at radius 3 is 2.48 bits per heavy atom. The average Bonchev–Trinajstić information content (AvgIpc) is 2.81. The van der Waals surface area contributed by atoms with Gasteiger partial charge in [0.15, 0.2) is 18.1 Å². The highest BCUT2D eigenvalue weighted by Gasteiger charge is 2.24. The number of methoxy groups -OCH3 is 1. The molecule has 0 atom stereocenters. The number of esters is 1. The highest BCUT2D eigenvalue weighted by atomic mass is 79.9. The van der Waals surface area contributed by atoms with Crippen molar-refractivity contribution < 1.29 is 23.8 Å².